The van der Waals surface area contributed by atoms with Crippen LogP contribution in [0.5, 0.6) is 5.75 Å². The van der Waals surface area contributed by atoms with Gasteiger partial charge in [-0.2, -0.15) is 0 Å². The van der Waals surface area contributed by atoms with E-state index in [4.69, 9.17) is 39.5 Å². The minimum atomic E-state index is -0.781. The highest BCUT2D eigenvalue weighted by Crippen LogP contribution is 2.26. The van der Waals surface area contributed by atoms with Gasteiger partial charge in [-0.05, 0) is 42.3 Å². The van der Waals surface area contributed by atoms with E-state index in [9.17, 15) is 9.59 Å². The summed E-state index contributed by atoms with van der Waals surface area (Å²) >= 11 is 18.6. The van der Waals surface area contributed by atoms with Crippen molar-refractivity contribution in [1.82, 2.24) is 10.2 Å². The quantitative estimate of drug-likeness (QED) is 0.368. The lowest BCUT2D eigenvalue weighted by Crippen LogP contribution is -2.51. The van der Waals surface area contributed by atoms with Crippen molar-refractivity contribution in [2.45, 2.75) is 25.9 Å². The fourth-order valence-electron chi connectivity index (χ4n) is 3.46. The number of nitrogens with zero attached hydrogens (tertiary/aromatic N) is 1. The standard InChI is InChI=1S/C26H25Cl3N2O3/c1-2-30-26(33)23(14-18-8-4-3-5-9-18)31(16-19-12-13-20(27)15-22(19)29)25(32)17-34-24-11-7-6-10-21(24)28/h3-13,15,23H,2,14,16-17H2,1H3,(H,30,33)/t23-/m1/s1. The molecule has 0 spiro atoms. The van der Waals surface area contributed by atoms with Crippen molar-refractivity contribution in [3.8, 4) is 5.75 Å². The van der Waals surface area contributed by atoms with E-state index in [1.54, 1.807) is 42.5 Å². The smallest absolute Gasteiger partial charge is 0.261 e. The molecule has 0 fully saturated rings. The van der Waals surface area contributed by atoms with E-state index in [2.05, 4.69) is 5.32 Å². The zero-order valence-corrected chi connectivity index (χ0v) is 20.9. The Morgan fingerprint density at radius 1 is 0.941 bits per heavy atom. The van der Waals surface area contributed by atoms with Crippen LogP contribution in [0.3, 0.4) is 0 Å². The summed E-state index contributed by atoms with van der Waals surface area (Å²) in [5, 5.41) is 4.13. The summed E-state index contributed by atoms with van der Waals surface area (Å²) in [5.74, 6) is -0.250. The first-order valence-corrected chi connectivity index (χ1v) is 11.9. The van der Waals surface area contributed by atoms with Crippen LogP contribution in [0.2, 0.25) is 15.1 Å². The normalized spacial score (nSPS) is 11.5. The number of carbonyl (C=O) groups is 2. The Balaban J connectivity index is 1.93. The topological polar surface area (TPSA) is 58.6 Å². The number of para-hydroxylation sites is 1. The van der Waals surface area contributed by atoms with Crippen LogP contribution in [-0.4, -0.2) is 35.9 Å². The molecule has 0 bridgehead atoms. The molecule has 3 aromatic rings. The molecule has 0 aliphatic carbocycles. The van der Waals surface area contributed by atoms with E-state index in [0.717, 1.165) is 5.56 Å². The number of ether oxygens (including phenoxy) is 1. The number of nitrogens with one attached hydrogen (secondary N) is 1. The Morgan fingerprint density at radius 2 is 1.65 bits per heavy atom. The van der Waals surface area contributed by atoms with Crippen LogP contribution in [-0.2, 0) is 22.6 Å². The maximum Gasteiger partial charge on any atom is 0.261 e. The van der Waals surface area contributed by atoms with Crippen molar-refractivity contribution in [3.63, 3.8) is 0 Å². The summed E-state index contributed by atoms with van der Waals surface area (Å²) in [7, 11) is 0. The molecule has 3 aromatic carbocycles. The van der Waals surface area contributed by atoms with Crippen LogP contribution >= 0.6 is 34.8 Å². The average molecular weight is 520 g/mol. The zero-order valence-electron chi connectivity index (χ0n) is 18.6. The first kappa shape index (κ1) is 25.9. The highest BCUT2D eigenvalue weighted by molar-refractivity contribution is 6.35. The third-order valence-corrected chi connectivity index (χ3v) is 6.06. The molecule has 2 amide bonds. The Kier molecular flexibility index (Phi) is 9.63. The van der Waals surface area contributed by atoms with Gasteiger partial charge in [0, 0.05) is 29.6 Å². The molecule has 0 aromatic heterocycles. The largest absolute Gasteiger partial charge is 0.482 e. The van der Waals surface area contributed by atoms with Crippen molar-refractivity contribution in [1.29, 1.82) is 0 Å². The molecule has 0 aliphatic rings. The van der Waals surface area contributed by atoms with Gasteiger partial charge in [0.1, 0.15) is 11.8 Å². The van der Waals surface area contributed by atoms with Crippen LogP contribution in [0.4, 0.5) is 0 Å². The van der Waals surface area contributed by atoms with Gasteiger partial charge in [0.25, 0.3) is 5.91 Å². The molecule has 0 saturated heterocycles. The maximum atomic E-state index is 13.5. The third-order valence-electron chi connectivity index (χ3n) is 5.17. The number of likely N-dealkylation sites (N-methyl/N-ethyl adjacent to an activating group) is 1. The molecule has 0 radical (unpaired) electrons. The van der Waals surface area contributed by atoms with Crippen molar-refractivity contribution in [2.75, 3.05) is 13.2 Å². The lowest BCUT2D eigenvalue weighted by Gasteiger charge is -2.31. The van der Waals surface area contributed by atoms with Gasteiger partial charge in [0.05, 0.1) is 5.02 Å². The van der Waals surface area contributed by atoms with E-state index < -0.39 is 6.04 Å². The highest BCUT2D eigenvalue weighted by Gasteiger charge is 2.31. The lowest BCUT2D eigenvalue weighted by atomic mass is 10.0. The second-order valence-corrected chi connectivity index (χ2v) is 8.83. The first-order valence-electron chi connectivity index (χ1n) is 10.8. The average Bonchev–Trinajstić information content (AvgIpc) is 2.82. The minimum Gasteiger partial charge on any atom is -0.482 e. The molecule has 34 heavy (non-hydrogen) atoms. The van der Waals surface area contributed by atoms with E-state index >= 15 is 0 Å². The summed E-state index contributed by atoms with van der Waals surface area (Å²) in [4.78, 5) is 28.1. The summed E-state index contributed by atoms with van der Waals surface area (Å²) < 4.78 is 5.70. The molecule has 8 heteroatoms. The van der Waals surface area contributed by atoms with Gasteiger partial charge in [-0.25, -0.2) is 0 Å². The van der Waals surface area contributed by atoms with Crippen molar-refractivity contribution >= 4 is 46.6 Å². The molecule has 1 atom stereocenters. The van der Waals surface area contributed by atoms with Crippen molar-refractivity contribution in [3.05, 3.63) is 99.0 Å². The Labute approximate surface area is 214 Å². The molecular formula is C26H25Cl3N2O3. The number of halogens is 3. The SMILES string of the molecule is CCNC(=O)[C@@H](Cc1ccccc1)N(Cc1ccc(Cl)cc1Cl)C(=O)COc1ccccc1Cl. The molecule has 3 rings (SSSR count). The molecule has 5 nitrogen and oxygen atoms in total. The summed E-state index contributed by atoms with van der Waals surface area (Å²) in [6.07, 6.45) is 0.329. The van der Waals surface area contributed by atoms with Crippen molar-refractivity contribution in [2.24, 2.45) is 0 Å². The van der Waals surface area contributed by atoms with Gasteiger partial charge in [-0.15, -0.1) is 0 Å². The Hall–Kier alpha value is -2.73. The molecule has 0 heterocycles. The van der Waals surface area contributed by atoms with Crippen molar-refractivity contribution < 1.29 is 14.3 Å². The fraction of sp³-hybridized carbons (Fsp3) is 0.231. The van der Waals surface area contributed by atoms with E-state index in [0.29, 0.717) is 39.3 Å². The van der Waals surface area contributed by atoms with Gasteiger partial charge in [-0.3, -0.25) is 9.59 Å². The molecule has 0 aliphatic heterocycles. The molecule has 0 unspecified atom stereocenters. The molecular weight excluding hydrogens is 495 g/mol. The van der Waals surface area contributed by atoms with Crippen LogP contribution in [0.25, 0.3) is 0 Å². The predicted molar refractivity (Wildman–Crippen MR) is 137 cm³/mol. The summed E-state index contributed by atoms with van der Waals surface area (Å²) in [6.45, 7) is 2.08. The monoisotopic (exact) mass is 518 g/mol. The third kappa shape index (κ3) is 7.13. The van der Waals surface area contributed by atoms with E-state index in [-0.39, 0.29) is 25.0 Å². The second kappa shape index (κ2) is 12.7. The highest BCUT2D eigenvalue weighted by atomic mass is 35.5. The van der Waals surface area contributed by atoms with Gasteiger partial charge >= 0.3 is 0 Å². The number of benzene rings is 3. The maximum absolute atomic E-state index is 13.5. The van der Waals surface area contributed by atoms with Crippen LogP contribution < -0.4 is 10.1 Å². The number of amides is 2. The van der Waals surface area contributed by atoms with Gasteiger partial charge < -0.3 is 15.0 Å². The molecule has 178 valence electrons. The Morgan fingerprint density at radius 3 is 2.32 bits per heavy atom. The number of hydrogen-bond donors (Lipinski definition) is 1. The van der Waals surface area contributed by atoms with E-state index in [1.807, 2.05) is 37.3 Å². The fourth-order valence-corrected chi connectivity index (χ4v) is 4.12. The van der Waals surface area contributed by atoms with Gasteiger partial charge in [0.2, 0.25) is 5.91 Å². The van der Waals surface area contributed by atoms with Crippen LogP contribution in [0.15, 0.2) is 72.8 Å². The zero-order chi connectivity index (χ0) is 24.5. The number of carbonyl (C=O) groups excluding carboxylic acids is 2. The summed E-state index contributed by atoms with van der Waals surface area (Å²) in [5.41, 5.74) is 1.59. The predicted octanol–water partition coefficient (Wildman–Crippen LogP) is 5.80. The lowest BCUT2D eigenvalue weighted by molar-refractivity contribution is -0.142. The second-order valence-electron chi connectivity index (χ2n) is 7.58. The van der Waals surface area contributed by atoms with Crippen LogP contribution in [0, 0.1) is 0 Å². The van der Waals surface area contributed by atoms with E-state index in [1.165, 1.54) is 4.90 Å². The Bertz CT molecular complexity index is 1130. The van der Waals surface area contributed by atoms with Crippen LogP contribution in [0.1, 0.15) is 18.1 Å². The molecule has 0 saturated carbocycles. The number of rotatable bonds is 10. The van der Waals surface area contributed by atoms with Gasteiger partial charge in [-0.1, -0.05) is 83.3 Å². The minimum absolute atomic E-state index is 0.106. The first-order chi connectivity index (χ1) is 16.4. The summed E-state index contributed by atoms with van der Waals surface area (Å²) in [6, 6.07) is 20.7. The van der Waals surface area contributed by atoms with Gasteiger partial charge in [0.15, 0.2) is 6.61 Å². The number of hydrogen-bond acceptors (Lipinski definition) is 3. The molecule has 1 N–H and O–H groups in total.